The first-order chi connectivity index (χ1) is 16.9. The van der Waals surface area contributed by atoms with E-state index in [1.807, 2.05) is 43.9 Å². The summed E-state index contributed by atoms with van der Waals surface area (Å²) in [6.07, 6.45) is 2.95. The molecule has 0 aliphatic carbocycles. The molecular formula is C27H29N7O. The number of pyridine rings is 1. The number of carbonyl (C=O) groups excluding carboxylic acids is 1. The third kappa shape index (κ3) is 4.08. The molecule has 0 bridgehead atoms. The number of nitrogens with one attached hydrogen (secondary N) is 1. The van der Waals surface area contributed by atoms with E-state index in [9.17, 15) is 10.1 Å². The summed E-state index contributed by atoms with van der Waals surface area (Å²) in [4.78, 5) is 28.2. The third-order valence-corrected chi connectivity index (χ3v) is 6.98. The second-order valence-electron chi connectivity index (χ2n) is 9.20. The van der Waals surface area contributed by atoms with Crippen molar-refractivity contribution in [1.82, 2.24) is 19.4 Å². The number of amides is 1. The highest BCUT2D eigenvalue weighted by atomic mass is 16.2. The van der Waals surface area contributed by atoms with E-state index >= 15 is 0 Å². The van der Waals surface area contributed by atoms with Crippen LogP contribution in [0.3, 0.4) is 0 Å². The van der Waals surface area contributed by atoms with Crippen LogP contribution in [0.15, 0.2) is 35.3 Å². The first-order valence-electron chi connectivity index (χ1n) is 12.0. The number of fused-ring (bicyclic) bond motifs is 3. The number of hydrogen-bond acceptors (Lipinski definition) is 6. The van der Waals surface area contributed by atoms with Gasteiger partial charge in [0.15, 0.2) is 5.49 Å². The number of nitriles is 1. The summed E-state index contributed by atoms with van der Waals surface area (Å²) in [5, 5.41) is 13.0. The zero-order chi connectivity index (χ0) is 24.7. The van der Waals surface area contributed by atoms with Crippen LogP contribution in [0, 0.1) is 25.2 Å². The Morgan fingerprint density at radius 1 is 1.23 bits per heavy atom. The summed E-state index contributed by atoms with van der Waals surface area (Å²) in [5.74, 6) is 2.71. The van der Waals surface area contributed by atoms with Crippen LogP contribution in [-0.2, 0) is 11.3 Å². The van der Waals surface area contributed by atoms with Gasteiger partial charge in [-0.1, -0.05) is 18.2 Å². The van der Waals surface area contributed by atoms with Crippen LogP contribution < -0.4 is 10.8 Å². The van der Waals surface area contributed by atoms with Gasteiger partial charge in [-0.25, -0.2) is 9.97 Å². The van der Waals surface area contributed by atoms with Gasteiger partial charge in [0, 0.05) is 38.7 Å². The van der Waals surface area contributed by atoms with Gasteiger partial charge in [-0.3, -0.25) is 9.79 Å². The van der Waals surface area contributed by atoms with E-state index in [4.69, 9.17) is 15.0 Å². The smallest absolute Gasteiger partial charge is 0.219 e. The van der Waals surface area contributed by atoms with Gasteiger partial charge in [0.2, 0.25) is 5.91 Å². The molecule has 0 radical (unpaired) electrons. The summed E-state index contributed by atoms with van der Waals surface area (Å²) < 4.78 is 2.22. The number of hydrogen-bond donors (Lipinski definition) is 1. The first kappa shape index (κ1) is 22.8. The largest absolute Gasteiger partial charge is 0.369 e. The van der Waals surface area contributed by atoms with Crippen molar-refractivity contribution in [1.29, 1.82) is 5.26 Å². The molecule has 1 atom stereocenters. The van der Waals surface area contributed by atoms with Crippen molar-refractivity contribution in [2.24, 2.45) is 4.99 Å². The summed E-state index contributed by atoms with van der Waals surface area (Å²) in [6.45, 7) is 10.5. The second kappa shape index (κ2) is 8.99. The second-order valence-corrected chi connectivity index (χ2v) is 9.20. The van der Waals surface area contributed by atoms with Crippen molar-refractivity contribution in [2.45, 2.75) is 46.7 Å². The van der Waals surface area contributed by atoms with Crippen LogP contribution in [0.4, 0.5) is 5.82 Å². The number of anilines is 1. The van der Waals surface area contributed by atoms with E-state index in [1.165, 1.54) is 5.57 Å². The highest BCUT2D eigenvalue weighted by Crippen LogP contribution is 2.36. The summed E-state index contributed by atoms with van der Waals surface area (Å²) >= 11 is 0. The standard InChI is InChI=1S/C27H29N7O/c1-16-21(15-28)6-5-7-22(16)17(2)30-25-24-14-23(20-8-11-33(12-9-20)19(4)35)26-29-10-13-34(26)27(24)32-18(3)31-25/h5-8,14,17,29H,9-13H2,1-4H3/t17-/m1/s1. The number of benzene rings is 1. The molecule has 0 saturated carbocycles. The predicted octanol–water partition coefficient (Wildman–Crippen LogP) is 3.59. The molecule has 0 saturated heterocycles. The van der Waals surface area contributed by atoms with Gasteiger partial charge in [0.25, 0.3) is 0 Å². The highest BCUT2D eigenvalue weighted by Gasteiger charge is 2.26. The van der Waals surface area contributed by atoms with E-state index in [2.05, 4.69) is 28.1 Å². The number of carbonyl (C=O) groups is 1. The SMILES string of the molecule is CC(=O)N1CC=C(c2cc3c(=N[C@H](C)c4cccc(C#N)c4C)nc(C)nc-3n3c2NCC3)CC1. The van der Waals surface area contributed by atoms with Gasteiger partial charge in [0.05, 0.1) is 23.2 Å². The van der Waals surface area contributed by atoms with Crippen LogP contribution in [-0.4, -0.2) is 45.0 Å². The molecule has 1 N–H and O–H groups in total. The molecule has 0 spiro atoms. The molecule has 35 heavy (non-hydrogen) atoms. The maximum absolute atomic E-state index is 11.8. The van der Waals surface area contributed by atoms with Crippen molar-refractivity contribution in [2.75, 3.05) is 25.0 Å². The Bertz CT molecular complexity index is 1440. The Kier molecular flexibility index (Phi) is 5.85. The average Bonchev–Trinajstić information content (AvgIpc) is 3.34. The van der Waals surface area contributed by atoms with Crippen molar-refractivity contribution in [3.05, 3.63) is 63.9 Å². The molecule has 4 heterocycles. The van der Waals surface area contributed by atoms with Crippen LogP contribution in [0.2, 0.25) is 0 Å². The lowest BCUT2D eigenvalue weighted by atomic mass is 9.97. The number of nitrogens with zero attached hydrogens (tertiary/aromatic N) is 6. The van der Waals surface area contributed by atoms with Crippen LogP contribution in [0.5, 0.6) is 0 Å². The Balaban J connectivity index is 1.67. The Morgan fingerprint density at radius 2 is 2.06 bits per heavy atom. The van der Waals surface area contributed by atoms with E-state index in [0.29, 0.717) is 30.0 Å². The molecule has 0 fully saturated rings. The van der Waals surface area contributed by atoms with Gasteiger partial charge in [-0.15, -0.1) is 0 Å². The minimum atomic E-state index is -0.168. The Morgan fingerprint density at radius 3 is 2.77 bits per heavy atom. The van der Waals surface area contributed by atoms with Crippen LogP contribution >= 0.6 is 0 Å². The van der Waals surface area contributed by atoms with Gasteiger partial charge >= 0.3 is 0 Å². The fraction of sp³-hybridized carbons (Fsp3) is 0.370. The molecule has 0 aromatic heterocycles. The van der Waals surface area contributed by atoms with Crippen molar-refractivity contribution < 1.29 is 4.79 Å². The molecular weight excluding hydrogens is 438 g/mol. The number of rotatable bonds is 3. The lowest BCUT2D eigenvalue weighted by molar-refractivity contribution is -0.128. The lowest BCUT2D eigenvalue weighted by Gasteiger charge is -2.27. The monoisotopic (exact) mass is 467 g/mol. The van der Waals surface area contributed by atoms with Gasteiger partial charge in [-0.05, 0) is 56.0 Å². The topological polar surface area (TPSA) is 99.2 Å². The Labute approximate surface area is 205 Å². The first-order valence-corrected chi connectivity index (χ1v) is 12.0. The van der Waals surface area contributed by atoms with Crippen LogP contribution in [0.25, 0.3) is 17.0 Å². The normalized spacial score (nSPS) is 16.5. The van der Waals surface area contributed by atoms with Gasteiger partial charge < -0.3 is 14.8 Å². The maximum Gasteiger partial charge on any atom is 0.219 e. The minimum Gasteiger partial charge on any atom is -0.369 e. The fourth-order valence-electron chi connectivity index (χ4n) is 5.07. The fourth-order valence-corrected chi connectivity index (χ4v) is 5.07. The zero-order valence-electron chi connectivity index (χ0n) is 20.6. The van der Waals surface area contributed by atoms with Gasteiger partial charge in [-0.2, -0.15) is 5.26 Å². The van der Waals surface area contributed by atoms with Gasteiger partial charge in [0.1, 0.15) is 17.5 Å². The van der Waals surface area contributed by atoms with E-state index in [1.54, 1.807) is 6.92 Å². The van der Waals surface area contributed by atoms with E-state index < -0.39 is 0 Å². The summed E-state index contributed by atoms with van der Waals surface area (Å²) in [6, 6.07) is 10.0. The number of aryl methyl sites for hydroxylation is 1. The average molecular weight is 468 g/mol. The van der Waals surface area contributed by atoms with Crippen molar-refractivity contribution >= 4 is 17.3 Å². The quantitative estimate of drug-likeness (QED) is 0.635. The molecule has 4 aliphatic rings. The molecule has 1 aromatic carbocycles. The Hall–Kier alpha value is -3.99. The molecule has 4 aliphatic heterocycles. The molecule has 1 amide bonds. The lowest BCUT2D eigenvalue weighted by Crippen LogP contribution is -2.32. The van der Waals surface area contributed by atoms with E-state index in [-0.39, 0.29) is 11.9 Å². The van der Waals surface area contributed by atoms with Crippen molar-refractivity contribution in [3.63, 3.8) is 0 Å². The predicted molar refractivity (Wildman–Crippen MR) is 135 cm³/mol. The summed E-state index contributed by atoms with van der Waals surface area (Å²) in [7, 11) is 0. The number of aromatic nitrogens is 3. The molecule has 0 unspecified atom stereocenters. The minimum absolute atomic E-state index is 0.103. The third-order valence-electron chi connectivity index (χ3n) is 6.98. The summed E-state index contributed by atoms with van der Waals surface area (Å²) in [5.41, 5.74) is 6.55. The maximum atomic E-state index is 11.8. The zero-order valence-corrected chi connectivity index (χ0v) is 20.6. The van der Waals surface area contributed by atoms with Crippen LogP contribution in [0.1, 0.15) is 54.4 Å². The molecule has 1 aromatic rings. The molecule has 178 valence electrons. The molecule has 5 rings (SSSR count). The van der Waals surface area contributed by atoms with E-state index in [0.717, 1.165) is 53.4 Å². The molecule has 8 heteroatoms. The molecule has 8 nitrogen and oxygen atoms in total. The van der Waals surface area contributed by atoms with Crippen molar-refractivity contribution in [3.8, 4) is 17.5 Å². The highest BCUT2D eigenvalue weighted by molar-refractivity contribution is 5.82.